The Hall–Kier alpha value is -2.12. The maximum atomic E-state index is 14.4. The molecule has 1 aromatic rings. The summed E-state index contributed by atoms with van der Waals surface area (Å²) in [7, 11) is 0. The molecule has 0 saturated carbocycles. The highest BCUT2D eigenvalue weighted by Gasteiger charge is 2.26. The molecule has 0 spiro atoms. The molecule has 1 amide bonds. The number of allylic oxidation sites excluding steroid dienone is 1. The number of hydrogen-bond acceptors (Lipinski definition) is 4. The number of carboxylic acid groups (broad SMARTS) is 1. The van der Waals surface area contributed by atoms with E-state index in [0.29, 0.717) is 30.7 Å². The number of aliphatic hydroxyl groups excluding tert-OH is 1. The number of alkyl halides is 1. The maximum Gasteiger partial charge on any atom is 0.303 e. The van der Waals surface area contributed by atoms with Crippen LogP contribution in [-0.2, 0) is 4.79 Å². The van der Waals surface area contributed by atoms with Crippen molar-refractivity contribution in [3.05, 3.63) is 60.2 Å². The molecule has 0 aliphatic carbocycles. The van der Waals surface area contributed by atoms with Crippen molar-refractivity contribution < 1.29 is 24.2 Å². The number of nitrogens with zero attached hydrogens (tertiary/aromatic N) is 1. The minimum Gasteiger partial charge on any atom is -0.481 e. The van der Waals surface area contributed by atoms with E-state index in [1.165, 1.54) is 17.8 Å². The number of hydrogen-bond donors (Lipinski definition) is 2. The number of carboxylic acids is 1. The van der Waals surface area contributed by atoms with Crippen molar-refractivity contribution in [3.8, 4) is 0 Å². The fourth-order valence-electron chi connectivity index (χ4n) is 2.90. The molecule has 2 N–H and O–H groups in total. The molecule has 1 aliphatic heterocycles. The van der Waals surface area contributed by atoms with Gasteiger partial charge in [0.05, 0.1) is 6.04 Å². The normalized spacial score (nSPS) is 20.0. The summed E-state index contributed by atoms with van der Waals surface area (Å²) in [6, 6.07) is 8.29. The maximum absolute atomic E-state index is 14.4. The van der Waals surface area contributed by atoms with Crippen LogP contribution in [0.15, 0.2) is 54.6 Å². The molecule has 1 saturated heterocycles. The zero-order valence-corrected chi connectivity index (χ0v) is 16.4. The lowest BCUT2D eigenvalue weighted by Crippen LogP contribution is -2.41. The van der Waals surface area contributed by atoms with Crippen LogP contribution in [0, 0.1) is 0 Å². The molecule has 1 heterocycles. The molecular formula is C21H26FNO4S. The quantitative estimate of drug-likeness (QED) is 0.445. The number of unbranched alkanes of at least 4 members (excludes halogenated alkanes) is 1. The average molecular weight is 408 g/mol. The molecule has 5 nitrogen and oxygen atoms in total. The number of aliphatic carboxylic acids is 1. The number of rotatable bonds is 10. The van der Waals surface area contributed by atoms with Crippen LogP contribution in [0.3, 0.4) is 0 Å². The molecule has 0 bridgehead atoms. The van der Waals surface area contributed by atoms with Crippen molar-refractivity contribution in [2.45, 2.75) is 44.0 Å². The highest BCUT2D eigenvalue weighted by molar-refractivity contribution is 8.13. The van der Waals surface area contributed by atoms with E-state index in [9.17, 15) is 19.1 Å². The Morgan fingerprint density at radius 2 is 2.07 bits per heavy atom. The predicted octanol–water partition coefficient (Wildman–Crippen LogP) is 4.35. The minimum absolute atomic E-state index is 0.0505. The smallest absolute Gasteiger partial charge is 0.303 e. The summed E-state index contributed by atoms with van der Waals surface area (Å²) in [6.45, 7) is 0.405. The van der Waals surface area contributed by atoms with Gasteiger partial charge in [-0.2, -0.15) is 0 Å². The average Bonchev–Trinajstić information content (AvgIpc) is 2.69. The largest absolute Gasteiger partial charge is 0.481 e. The van der Waals surface area contributed by atoms with E-state index in [0.717, 1.165) is 6.42 Å². The second-order valence-electron chi connectivity index (χ2n) is 6.57. The lowest BCUT2D eigenvalue weighted by molar-refractivity contribution is -0.137. The first-order chi connectivity index (χ1) is 13.5. The Morgan fingerprint density at radius 1 is 1.32 bits per heavy atom. The fourth-order valence-corrected chi connectivity index (χ4v) is 3.81. The van der Waals surface area contributed by atoms with Gasteiger partial charge < -0.3 is 15.1 Å². The van der Waals surface area contributed by atoms with Gasteiger partial charge >= 0.3 is 5.97 Å². The van der Waals surface area contributed by atoms with Crippen molar-refractivity contribution in [2.24, 2.45) is 0 Å². The minimum atomic E-state index is -1.52. The molecule has 152 valence electrons. The molecule has 28 heavy (non-hydrogen) atoms. The van der Waals surface area contributed by atoms with E-state index in [1.807, 2.05) is 12.2 Å². The van der Waals surface area contributed by atoms with E-state index < -0.39 is 18.2 Å². The molecule has 1 unspecified atom stereocenters. The third kappa shape index (κ3) is 7.13. The lowest BCUT2D eigenvalue weighted by Gasteiger charge is -2.32. The van der Waals surface area contributed by atoms with Crippen LogP contribution in [0.5, 0.6) is 0 Å². The highest BCUT2D eigenvalue weighted by Crippen LogP contribution is 2.26. The number of halogens is 1. The van der Waals surface area contributed by atoms with Gasteiger partial charge in [0.25, 0.3) is 5.24 Å². The van der Waals surface area contributed by atoms with E-state index in [-0.39, 0.29) is 17.7 Å². The van der Waals surface area contributed by atoms with Gasteiger partial charge in [-0.15, -0.1) is 0 Å². The topological polar surface area (TPSA) is 77.8 Å². The van der Waals surface area contributed by atoms with Gasteiger partial charge in [0, 0.05) is 18.7 Å². The second kappa shape index (κ2) is 11.7. The number of thioether (sulfide) groups is 1. The molecule has 0 radical (unpaired) electrons. The molecule has 3 atom stereocenters. The monoisotopic (exact) mass is 407 g/mol. The third-order valence-electron chi connectivity index (χ3n) is 4.45. The van der Waals surface area contributed by atoms with Crippen molar-refractivity contribution in [3.63, 3.8) is 0 Å². The second-order valence-corrected chi connectivity index (χ2v) is 7.61. The summed E-state index contributed by atoms with van der Waals surface area (Å²) in [6.07, 6.45) is 6.11. The summed E-state index contributed by atoms with van der Waals surface area (Å²) in [5.41, 5.74) is 0.413. The molecule has 2 rings (SSSR count). The zero-order valence-electron chi connectivity index (χ0n) is 15.6. The Bertz CT molecular complexity index is 695. The van der Waals surface area contributed by atoms with Crippen LogP contribution in [0.4, 0.5) is 9.18 Å². The highest BCUT2D eigenvalue weighted by atomic mass is 32.2. The predicted molar refractivity (Wildman–Crippen MR) is 109 cm³/mol. The standard InChI is InChI=1S/C21H26FNO4S/c22-20(16-8-4-3-5-9-16)18(24)12-11-17-13-15-28-21(27)23(17)14-7-2-1-6-10-19(25)26/h2-5,7-9,11-12,17-18,20,24H,1,6,10,13-15H2,(H,25,26)/t17-,18+,20?/m0/s1. The zero-order chi connectivity index (χ0) is 20.4. The molecule has 7 heteroatoms. The van der Waals surface area contributed by atoms with Gasteiger partial charge in [-0.3, -0.25) is 9.59 Å². The number of carbonyl (C=O) groups is 2. The third-order valence-corrected chi connectivity index (χ3v) is 5.37. The van der Waals surface area contributed by atoms with E-state index in [2.05, 4.69) is 0 Å². The van der Waals surface area contributed by atoms with E-state index in [1.54, 1.807) is 41.3 Å². The lowest BCUT2D eigenvalue weighted by atomic mass is 10.0. The Labute approximate surface area is 168 Å². The Balaban J connectivity index is 1.91. The van der Waals surface area contributed by atoms with Crippen molar-refractivity contribution >= 4 is 23.0 Å². The molecular weight excluding hydrogens is 381 g/mol. The molecule has 1 aromatic carbocycles. The SMILES string of the molecule is O=C(O)CCCC=CCN1C(=O)SCC[C@@H]1C=C[C@@H](O)C(F)c1ccccc1. The Kier molecular flexibility index (Phi) is 9.23. The van der Waals surface area contributed by atoms with Gasteiger partial charge in [-0.05, 0) is 24.8 Å². The summed E-state index contributed by atoms with van der Waals surface area (Å²) < 4.78 is 14.4. The summed E-state index contributed by atoms with van der Waals surface area (Å²) in [5.74, 6) is -0.137. The van der Waals surface area contributed by atoms with Crippen LogP contribution in [-0.4, -0.2) is 50.8 Å². The summed E-state index contributed by atoms with van der Waals surface area (Å²) >= 11 is 1.24. The van der Waals surface area contributed by atoms with E-state index in [4.69, 9.17) is 5.11 Å². The fraction of sp³-hybridized carbons (Fsp3) is 0.429. The first-order valence-corrected chi connectivity index (χ1v) is 10.3. The van der Waals surface area contributed by atoms with Crippen LogP contribution < -0.4 is 0 Å². The number of aliphatic hydroxyl groups is 1. The summed E-state index contributed by atoms with van der Waals surface area (Å²) in [4.78, 5) is 24.4. The summed E-state index contributed by atoms with van der Waals surface area (Å²) in [5, 5.41) is 18.7. The van der Waals surface area contributed by atoms with Crippen molar-refractivity contribution in [1.29, 1.82) is 0 Å². The first-order valence-electron chi connectivity index (χ1n) is 9.34. The van der Waals surface area contributed by atoms with Gasteiger partial charge in [-0.25, -0.2) is 4.39 Å². The number of carbonyl (C=O) groups excluding carboxylic acids is 1. The van der Waals surface area contributed by atoms with Crippen molar-refractivity contribution in [1.82, 2.24) is 4.90 Å². The van der Waals surface area contributed by atoms with Gasteiger partial charge in [0.1, 0.15) is 6.10 Å². The van der Waals surface area contributed by atoms with Crippen LogP contribution in [0.2, 0.25) is 0 Å². The van der Waals surface area contributed by atoms with E-state index >= 15 is 0 Å². The van der Waals surface area contributed by atoms with Gasteiger partial charge in [0.2, 0.25) is 0 Å². The van der Waals surface area contributed by atoms with Crippen molar-refractivity contribution in [2.75, 3.05) is 12.3 Å². The van der Waals surface area contributed by atoms with Crippen LogP contribution in [0.1, 0.15) is 37.4 Å². The number of amides is 1. The Morgan fingerprint density at radius 3 is 2.79 bits per heavy atom. The van der Waals surface area contributed by atoms with Crippen LogP contribution >= 0.6 is 11.8 Å². The van der Waals surface area contributed by atoms with Gasteiger partial charge in [0.15, 0.2) is 6.17 Å². The molecule has 1 fully saturated rings. The molecule has 0 aromatic heterocycles. The number of benzene rings is 1. The van der Waals surface area contributed by atoms with Gasteiger partial charge in [-0.1, -0.05) is 66.4 Å². The first kappa shape index (κ1) is 22.2. The molecule has 1 aliphatic rings. The van der Waals surface area contributed by atoms with Crippen LogP contribution in [0.25, 0.3) is 0 Å².